The Kier molecular flexibility index (Phi) is 14.0. The third-order valence-corrected chi connectivity index (χ3v) is 6.88. The number of hydrogen-bond donors (Lipinski definition) is 3. The van der Waals surface area contributed by atoms with E-state index in [4.69, 9.17) is 21.4 Å². The number of benzene rings is 1. The molecule has 0 aliphatic carbocycles. The van der Waals surface area contributed by atoms with E-state index >= 15 is 0 Å². The van der Waals surface area contributed by atoms with E-state index in [0.717, 1.165) is 24.9 Å². The number of hydrogen-bond acceptors (Lipinski definition) is 12. The fraction of sp³-hybridized carbons (Fsp3) is 0.414. The van der Waals surface area contributed by atoms with Gasteiger partial charge in [0.1, 0.15) is 23.0 Å². The minimum absolute atomic E-state index is 0.0482. The molecule has 1 aliphatic heterocycles. The van der Waals surface area contributed by atoms with Gasteiger partial charge in [-0.25, -0.2) is 15.0 Å². The first-order chi connectivity index (χ1) is 21.7. The van der Waals surface area contributed by atoms with Crippen LogP contribution in [0.4, 0.5) is 11.8 Å². The number of nitrogens with one attached hydrogen (secondary N) is 2. The molecule has 1 atom stereocenters. The molecule has 0 bridgehead atoms. The summed E-state index contributed by atoms with van der Waals surface area (Å²) in [5.41, 5.74) is 1.25. The van der Waals surface area contributed by atoms with Crippen molar-refractivity contribution in [2.75, 3.05) is 30.5 Å². The topological polar surface area (TPSA) is 195 Å². The number of anilines is 2. The predicted octanol–water partition coefficient (Wildman–Crippen LogP) is 4.11. The Bertz CT molecular complexity index is 1400. The lowest BCUT2D eigenvalue weighted by molar-refractivity contribution is -0.757. The molecule has 1 aromatic carbocycles. The molecule has 1 fully saturated rings. The van der Waals surface area contributed by atoms with Crippen molar-refractivity contribution in [3.05, 3.63) is 81.9 Å². The Morgan fingerprint density at radius 2 is 1.98 bits per heavy atom. The van der Waals surface area contributed by atoms with Gasteiger partial charge in [-0.15, -0.1) is 10.1 Å². The summed E-state index contributed by atoms with van der Waals surface area (Å²) >= 11 is 6.25. The van der Waals surface area contributed by atoms with Gasteiger partial charge in [0.05, 0.1) is 25.3 Å². The molecule has 16 heteroatoms. The summed E-state index contributed by atoms with van der Waals surface area (Å²) < 4.78 is 5.21. The maximum absolute atomic E-state index is 12.9. The number of ether oxygens (including phenoxy) is 1. The van der Waals surface area contributed by atoms with E-state index < -0.39 is 11.1 Å². The molecule has 15 nitrogen and oxygen atoms in total. The van der Waals surface area contributed by atoms with E-state index in [1.54, 1.807) is 31.6 Å². The first-order valence-corrected chi connectivity index (χ1v) is 14.6. The van der Waals surface area contributed by atoms with Gasteiger partial charge in [-0.3, -0.25) is 9.59 Å². The molecule has 3 N–H and O–H groups in total. The summed E-state index contributed by atoms with van der Waals surface area (Å²) in [6, 6.07) is 7.34. The molecule has 2 aromatic heterocycles. The van der Waals surface area contributed by atoms with E-state index in [0.29, 0.717) is 59.7 Å². The second-order valence-corrected chi connectivity index (χ2v) is 10.3. The number of aromatic nitrogens is 4. The van der Waals surface area contributed by atoms with Gasteiger partial charge in [-0.2, -0.15) is 4.98 Å². The Labute approximate surface area is 265 Å². The van der Waals surface area contributed by atoms with E-state index in [1.165, 1.54) is 6.20 Å². The van der Waals surface area contributed by atoms with Gasteiger partial charge >= 0.3 is 5.97 Å². The standard InChI is InChI=1S/C23H25ClN7O2.C6H11NO5/c1-15-5-3-10-31(15)23-29-13-17(22(32)28-14-20-25-8-4-9-26-20)21(30-23)27-12-16-6-7-19(33-2)18(24)11-16;8-6(9)4-2-1-3-5-12-7(10)11/h4,6-9,11,13,15H,1,3,5,10,12,14H2,2H3,(H,28,32)(H,27,29,30);1-5H2,(H,8,9)/t15-;/m0./s1. The van der Waals surface area contributed by atoms with E-state index in [1.807, 2.05) is 12.1 Å². The summed E-state index contributed by atoms with van der Waals surface area (Å²) in [6.45, 7) is 5.66. The quantitative estimate of drug-likeness (QED) is 0.122. The monoisotopic (exact) mass is 643 g/mol. The first-order valence-electron chi connectivity index (χ1n) is 14.2. The van der Waals surface area contributed by atoms with Gasteiger partial charge in [-0.1, -0.05) is 24.1 Å². The van der Waals surface area contributed by atoms with Crippen LogP contribution < -0.4 is 20.3 Å². The zero-order valence-corrected chi connectivity index (χ0v) is 25.6. The van der Waals surface area contributed by atoms with Crippen LogP contribution in [0.3, 0.4) is 0 Å². The number of unbranched alkanes of at least 4 members (excludes halogenated alkanes) is 2. The van der Waals surface area contributed by atoms with Crippen LogP contribution in [0.5, 0.6) is 5.75 Å². The molecular weight excluding hydrogens is 608 g/mol. The summed E-state index contributed by atoms with van der Waals surface area (Å²) in [5, 5.41) is 23.6. The Morgan fingerprint density at radius 3 is 2.62 bits per heavy atom. The van der Waals surface area contributed by atoms with Crippen molar-refractivity contribution in [2.24, 2.45) is 0 Å². The van der Waals surface area contributed by atoms with Crippen molar-refractivity contribution in [3.8, 4) is 5.75 Å². The highest BCUT2D eigenvalue weighted by Crippen LogP contribution is 2.27. The third-order valence-electron chi connectivity index (χ3n) is 6.59. The number of halogens is 1. The largest absolute Gasteiger partial charge is 0.495 e. The zero-order chi connectivity index (χ0) is 32.6. The molecule has 45 heavy (non-hydrogen) atoms. The second kappa shape index (κ2) is 18.1. The van der Waals surface area contributed by atoms with Crippen LogP contribution in [-0.4, -0.2) is 68.3 Å². The number of amides is 1. The lowest BCUT2D eigenvalue weighted by atomic mass is 10.2. The van der Waals surface area contributed by atoms with Crippen LogP contribution in [0.1, 0.15) is 60.3 Å². The normalized spacial score (nSPS) is 13.8. The number of carboxylic acids is 1. The van der Waals surface area contributed by atoms with Crippen LogP contribution in [0.25, 0.3) is 0 Å². The van der Waals surface area contributed by atoms with Gasteiger partial charge in [0, 0.05) is 44.1 Å². The lowest BCUT2D eigenvalue weighted by Gasteiger charge is -2.22. The number of carbonyl (C=O) groups is 2. The summed E-state index contributed by atoms with van der Waals surface area (Å²) in [5.74, 6) is 0.927. The van der Waals surface area contributed by atoms with Gasteiger partial charge in [-0.05, 0) is 56.4 Å². The molecule has 1 amide bonds. The van der Waals surface area contributed by atoms with Crippen LogP contribution >= 0.6 is 11.6 Å². The Hall–Kier alpha value is -4.79. The van der Waals surface area contributed by atoms with Crippen LogP contribution in [0.2, 0.25) is 5.02 Å². The number of methoxy groups -OCH3 is 1. The van der Waals surface area contributed by atoms with E-state index in [2.05, 4.69) is 47.2 Å². The Balaban J connectivity index is 0.000000392. The molecule has 0 saturated carbocycles. The highest BCUT2D eigenvalue weighted by atomic mass is 35.5. The molecule has 241 valence electrons. The SMILES string of the molecule is O=C(O)CCCCCO[N+](=O)[O-].[CH2][C@H]1CCCN1c1ncc(C(=O)NCc2ncccn2)c(NCc2ccc(OC)c(Cl)c2)n1. The van der Waals surface area contributed by atoms with Crippen LogP contribution in [0, 0.1) is 17.0 Å². The van der Waals surface area contributed by atoms with Crippen molar-refractivity contribution >= 4 is 35.2 Å². The minimum atomic E-state index is -0.850. The van der Waals surface area contributed by atoms with Crippen LogP contribution in [0.15, 0.2) is 42.9 Å². The minimum Gasteiger partial charge on any atom is -0.495 e. The molecule has 3 aromatic rings. The third kappa shape index (κ3) is 11.7. The van der Waals surface area contributed by atoms with Gasteiger partial charge in [0.2, 0.25) is 5.95 Å². The fourth-order valence-corrected chi connectivity index (χ4v) is 4.57. The molecule has 0 unspecified atom stereocenters. The van der Waals surface area contributed by atoms with Gasteiger partial charge in [0.15, 0.2) is 0 Å². The smallest absolute Gasteiger partial charge is 0.303 e. The van der Waals surface area contributed by atoms with Crippen molar-refractivity contribution in [3.63, 3.8) is 0 Å². The van der Waals surface area contributed by atoms with E-state index in [9.17, 15) is 19.7 Å². The molecule has 0 spiro atoms. The predicted molar refractivity (Wildman–Crippen MR) is 165 cm³/mol. The molecule has 4 rings (SSSR count). The van der Waals surface area contributed by atoms with E-state index in [-0.39, 0.29) is 31.5 Å². The molecular formula is C29H36ClN8O7. The zero-order valence-electron chi connectivity index (χ0n) is 24.9. The van der Waals surface area contributed by atoms with Gasteiger partial charge in [0.25, 0.3) is 11.0 Å². The van der Waals surface area contributed by atoms with Crippen molar-refractivity contribution < 1.29 is 29.4 Å². The number of nitrogens with zero attached hydrogens (tertiary/aromatic N) is 6. The van der Waals surface area contributed by atoms with Crippen molar-refractivity contribution in [2.45, 2.75) is 57.7 Å². The summed E-state index contributed by atoms with van der Waals surface area (Å²) in [4.78, 5) is 56.0. The molecule has 1 radical (unpaired) electrons. The summed E-state index contributed by atoms with van der Waals surface area (Å²) in [6.07, 6.45) is 8.62. The highest BCUT2D eigenvalue weighted by molar-refractivity contribution is 6.32. The van der Waals surface area contributed by atoms with Crippen molar-refractivity contribution in [1.82, 2.24) is 25.3 Å². The average molecular weight is 644 g/mol. The average Bonchev–Trinajstić information content (AvgIpc) is 3.46. The number of aliphatic carboxylic acids is 1. The lowest BCUT2D eigenvalue weighted by Crippen LogP contribution is -2.30. The van der Waals surface area contributed by atoms with Crippen molar-refractivity contribution in [1.29, 1.82) is 0 Å². The fourth-order valence-electron chi connectivity index (χ4n) is 4.29. The summed E-state index contributed by atoms with van der Waals surface area (Å²) in [7, 11) is 1.57. The number of rotatable bonds is 15. The van der Waals surface area contributed by atoms with Crippen LogP contribution in [-0.2, 0) is 22.7 Å². The highest BCUT2D eigenvalue weighted by Gasteiger charge is 2.25. The number of carboxylic acid groups (broad SMARTS) is 1. The van der Waals surface area contributed by atoms with Gasteiger partial charge < -0.3 is 30.2 Å². The maximum atomic E-state index is 12.9. The second-order valence-electron chi connectivity index (χ2n) is 9.85. The molecule has 1 saturated heterocycles. The first kappa shape index (κ1) is 34.7. The maximum Gasteiger partial charge on any atom is 0.303 e. The molecule has 1 aliphatic rings. The number of carbonyl (C=O) groups excluding carboxylic acids is 1. The molecule has 3 heterocycles. The Morgan fingerprint density at radius 1 is 1.20 bits per heavy atom.